The first-order chi connectivity index (χ1) is 5.77. The van der Waals surface area contributed by atoms with E-state index in [1.807, 2.05) is 6.07 Å². The Morgan fingerprint density at radius 1 is 1.58 bits per heavy atom. The molecule has 0 aliphatic heterocycles. The highest BCUT2D eigenvalue weighted by Crippen LogP contribution is 2.38. The van der Waals surface area contributed by atoms with Crippen LogP contribution in [0.2, 0.25) is 0 Å². The second-order valence-electron chi connectivity index (χ2n) is 2.94. The van der Waals surface area contributed by atoms with Crippen LogP contribution in [-0.4, -0.2) is 15.9 Å². The minimum atomic E-state index is -0.558. The lowest BCUT2D eigenvalue weighted by Gasteiger charge is -1.97. The molecule has 1 aromatic heterocycles. The Morgan fingerprint density at radius 3 is 2.92 bits per heavy atom. The maximum atomic E-state index is 10.7. The maximum absolute atomic E-state index is 10.7. The third-order valence-corrected chi connectivity index (χ3v) is 1.89. The minimum absolute atomic E-state index is 0.124. The third-order valence-electron chi connectivity index (χ3n) is 1.89. The van der Waals surface area contributed by atoms with E-state index in [0.29, 0.717) is 5.92 Å². The number of rotatable bonds is 2. The Kier molecular flexibility index (Phi) is 1.53. The van der Waals surface area contributed by atoms with E-state index in [2.05, 4.69) is 9.97 Å². The number of nitrogens with zero attached hydrogens (tertiary/aromatic N) is 2. The van der Waals surface area contributed by atoms with Crippen molar-refractivity contribution in [2.24, 2.45) is 5.73 Å². The second kappa shape index (κ2) is 2.55. The largest absolute Gasteiger partial charge is 0.363 e. The van der Waals surface area contributed by atoms with Crippen LogP contribution in [0.1, 0.15) is 35.1 Å². The molecule has 0 aromatic carbocycles. The molecule has 0 atom stereocenters. The Hall–Kier alpha value is -1.45. The van der Waals surface area contributed by atoms with Gasteiger partial charge in [0.1, 0.15) is 0 Å². The Balaban J connectivity index is 2.32. The van der Waals surface area contributed by atoms with Crippen LogP contribution in [0.5, 0.6) is 0 Å². The van der Waals surface area contributed by atoms with Crippen LogP contribution < -0.4 is 5.73 Å². The number of carbonyl (C=O) groups excluding carboxylic acids is 1. The second-order valence-corrected chi connectivity index (χ2v) is 2.94. The van der Waals surface area contributed by atoms with Crippen molar-refractivity contribution in [3.05, 3.63) is 23.8 Å². The summed E-state index contributed by atoms with van der Waals surface area (Å²) in [7, 11) is 0. The molecule has 1 fully saturated rings. The van der Waals surface area contributed by atoms with Crippen LogP contribution in [0.4, 0.5) is 0 Å². The van der Waals surface area contributed by atoms with Gasteiger partial charge in [0.2, 0.25) is 5.82 Å². The number of hydrogen-bond donors (Lipinski definition) is 1. The van der Waals surface area contributed by atoms with E-state index in [9.17, 15) is 4.79 Å². The molecule has 1 aliphatic rings. The summed E-state index contributed by atoms with van der Waals surface area (Å²) in [6, 6.07) is 1.84. The Morgan fingerprint density at radius 2 is 2.33 bits per heavy atom. The summed E-state index contributed by atoms with van der Waals surface area (Å²) in [5.41, 5.74) is 5.98. The molecule has 0 spiro atoms. The summed E-state index contributed by atoms with van der Waals surface area (Å²) in [4.78, 5) is 18.5. The van der Waals surface area contributed by atoms with Crippen LogP contribution in [0.15, 0.2) is 12.3 Å². The molecule has 0 radical (unpaired) electrons. The third kappa shape index (κ3) is 1.28. The predicted octanol–water partition coefficient (Wildman–Crippen LogP) is 0.453. The number of amides is 1. The molecule has 4 heteroatoms. The number of aromatic nitrogens is 2. The lowest BCUT2D eigenvalue weighted by molar-refractivity contribution is 0.0990. The molecule has 0 saturated heterocycles. The van der Waals surface area contributed by atoms with Gasteiger partial charge in [0.15, 0.2) is 0 Å². The highest BCUT2D eigenvalue weighted by molar-refractivity contribution is 5.88. The first kappa shape index (κ1) is 7.21. The highest BCUT2D eigenvalue weighted by atomic mass is 16.1. The number of carbonyl (C=O) groups is 1. The Labute approximate surface area is 69.8 Å². The topological polar surface area (TPSA) is 68.9 Å². The van der Waals surface area contributed by atoms with Gasteiger partial charge in [-0.15, -0.1) is 0 Å². The van der Waals surface area contributed by atoms with Crippen molar-refractivity contribution >= 4 is 5.91 Å². The van der Waals surface area contributed by atoms with Gasteiger partial charge in [-0.2, -0.15) is 0 Å². The smallest absolute Gasteiger partial charge is 0.286 e. The molecule has 1 heterocycles. The van der Waals surface area contributed by atoms with Crippen LogP contribution in [0.3, 0.4) is 0 Å². The molecular formula is C8H9N3O. The van der Waals surface area contributed by atoms with Gasteiger partial charge in [0, 0.05) is 17.8 Å². The van der Waals surface area contributed by atoms with E-state index in [0.717, 1.165) is 18.5 Å². The minimum Gasteiger partial charge on any atom is -0.363 e. The summed E-state index contributed by atoms with van der Waals surface area (Å²) >= 11 is 0. The average Bonchev–Trinajstić information content (AvgIpc) is 2.87. The summed E-state index contributed by atoms with van der Waals surface area (Å²) in [6.45, 7) is 0. The molecule has 1 amide bonds. The maximum Gasteiger partial charge on any atom is 0.286 e. The van der Waals surface area contributed by atoms with Crippen molar-refractivity contribution in [3.63, 3.8) is 0 Å². The van der Waals surface area contributed by atoms with Gasteiger partial charge in [-0.25, -0.2) is 9.97 Å². The summed E-state index contributed by atoms with van der Waals surface area (Å²) in [5, 5.41) is 0. The van der Waals surface area contributed by atoms with E-state index in [4.69, 9.17) is 5.73 Å². The fourth-order valence-electron chi connectivity index (χ4n) is 1.10. The zero-order valence-electron chi connectivity index (χ0n) is 6.53. The van der Waals surface area contributed by atoms with Crippen molar-refractivity contribution in [1.82, 2.24) is 9.97 Å². The SMILES string of the molecule is NC(=O)c1nccc(C2CC2)n1. The van der Waals surface area contributed by atoms with E-state index in [1.54, 1.807) is 6.20 Å². The Bertz CT molecular complexity index is 320. The highest BCUT2D eigenvalue weighted by Gasteiger charge is 2.25. The first-order valence-electron chi connectivity index (χ1n) is 3.90. The van der Waals surface area contributed by atoms with Crippen molar-refractivity contribution in [3.8, 4) is 0 Å². The molecule has 2 rings (SSSR count). The zero-order chi connectivity index (χ0) is 8.55. The molecule has 62 valence electrons. The van der Waals surface area contributed by atoms with E-state index >= 15 is 0 Å². The molecule has 0 unspecified atom stereocenters. The molecule has 4 nitrogen and oxygen atoms in total. The number of hydrogen-bond acceptors (Lipinski definition) is 3. The average molecular weight is 163 g/mol. The molecule has 1 saturated carbocycles. The summed E-state index contributed by atoms with van der Waals surface area (Å²) in [6.07, 6.45) is 3.91. The normalized spacial score (nSPS) is 16.0. The van der Waals surface area contributed by atoms with Gasteiger partial charge >= 0.3 is 0 Å². The summed E-state index contributed by atoms with van der Waals surface area (Å²) < 4.78 is 0. The van der Waals surface area contributed by atoms with Gasteiger partial charge in [-0.05, 0) is 18.9 Å². The molecule has 12 heavy (non-hydrogen) atoms. The number of nitrogens with two attached hydrogens (primary N) is 1. The van der Waals surface area contributed by atoms with E-state index < -0.39 is 5.91 Å². The fraction of sp³-hybridized carbons (Fsp3) is 0.375. The molecule has 1 aliphatic carbocycles. The lowest BCUT2D eigenvalue weighted by atomic mass is 10.3. The van der Waals surface area contributed by atoms with Gasteiger partial charge < -0.3 is 5.73 Å². The summed E-state index contributed by atoms with van der Waals surface area (Å²) in [5.74, 6) is 0.1000. The molecule has 1 aromatic rings. The van der Waals surface area contributed by atoms with Crippen LogP contribution >= 0.6 is 0 Å². The van der Waals surface area contributed by atoms with Crippen molar-refractivity contribution in [2.45, 2.75) is 18.8 Å². The standard InChI is InChI=1S/C8H9N3O/c9-7(12)8-10-4-3-6(11-8)5-1-2-5/h3-5H,1-2H2,(H2,9,12). The molecule has 0 bridgehead atoms. The van der Waals surface area contributed by atoms with Crippen molar-refractivity contribution in [2.75, 3.05) is 0 Å². The van der Waals surface area contributed by atoms with Crippen LogP contribution in [0.25, 0.3) is 0 Å². The van der Waals surface area contributed by atoms with E-state index in [-0.39, 0.29) is 5.82 Å². The predicted molar refractivity (Wildman–Crippen MR) is 42.5 cm³/mol. The van der Waals surface area contributed by atoms with Crippen molar-refractivity contribution < 1.29 is 4.79 Å². The first-order valence-corrected chi connectivity index (χ1v) is 3.90. The lowest BCUT2D eigenvalue weighted by Crippen LogP contribution is -2.15. The van der Waals surface area contributed by atoms with Gasteiger partial charge in [-0.1, -0.05) is 0 Å². The van der Waals surface area contributed by atoms with E-state index in [1.165, 1.54) is 0 Å². The van der Waals surface area contributed by atoms with Crippen LogP contribution in [0, 0.1) is 0 Å². The monoisotopic (exact) mass is 163 g/mol. The van der Waals surface area contributed by atoms with Gasteiger partial charge in [0.25, 0.3) is 5.91 Å². The number of primary amides is 1. The molecule has 2 N–H and O–H groups in total. The van der Waals surface area contributed by atoms with Crippen molar-refractivity contribution in [1.29, 1.82) is 0 Å². The molecular weight excluding hydrogens is 154 g/mol. The zero-order valence-corrected chi connectivity index (χ0v) is 6.53. The quantitative estimate of drug-likeness (QED) is 0.688. The van der Waals surface area contributed by atoms with Gasteiger partial charge in [-0.3, -0.25) is 4.79 Å². The van der Waals surface area contributed by atoms with Gasteiger partial charge in [0.05, 0.1) is 0 Å². The van der Waals surface area contributed by atoms with Crippen LogP contribution in [-0.2, 0) is 0 Å². The fourth-order valence-corrected chi connectivity index (χ4v) is 1.10.